The van der Waals surface area contributed by atoms with E-state index in [2.05, 4.69) is 9.97 Å². The Kier molecular flexibility index (Phi) is 6.45. The molecule has 2 N–H and O–H groups in total. The number of nitrogens with zero attached hydrogens (tertiary/aromatic N) is 5. The maximum Gasteiger partial charge on any atom is 0.263 e. The van der Waals surface area contributed by atoms with Crippen LogP contribution in [0.3, 0.4) is 0 Å². The Bertz CT molecular complexity index is 2000. The van der Waals surface area contributed by atoms with Crippen LogP contribution in [0.4, 0.5) is 14.6 Å². The number of fused-ring (bicyclic) bond motifs is 2. The van der Waals surface area contributed by atoms with E-state index in [0.29, 0.717) is 39.1 Å². The Hall–Kier alpha value is -5.12. The predicted molar refractivity (Wildman–Crippen MR) is 154 cm³/mol. The third-order valence-corrected chi connectivity index (χ3v) is 6.90. The predicted octanol–water partition coefficient (Wildman–Crippen LogP) is 6.05. The first-order valence-electron chi connectivity index (χ1n) is 13.1. The summed E-state index contributed by atoms with van der Waals surface area (Å²) >= 11 is 0. The van der Waals surface area contributed by atoms with Gasteiger partial charge in [0.15, 0.2) is 17.2 Å². The zero-order chi connectivity index (χ0) is 28.8. The molecule has 41 heavy (non-hydrogen) atoms. The molecule has 0 aliphatic rings. The molecule has 0 radical (unpaired) electrons. The lowest BCUT2D eigenvalue weighted by atomic mass is 10.1. The van der Waals surface area contributed by atoms with E-state index in [1.807, 2.05) is 39.0 Å². The van der Waals surface area contributed by atoms with E-state index >= 15 is 4.39 Å². The first-order chi connectivity index (χ1) is 19.7. The molecular weight excluding hydrogens is 526 g/mol. The van der Waals surface area contributed by atoms with Gasteiger partial charge in [-0.3, -0.25) is 9.36 Å². The van der Waals surface area contributed by atoms with Gasteiger partial charge in [0, 0.05) is 10.9 Å². The molecule has 0 aliphatic carbocycles. The second-order valence-electron chi connectivity index (χ2n) is 10.0. The van der Waals surface area contributed by atoms with Crippen molar-refractivity contribution in [1.29, 1.82) is 0 Å². The lowest BCUT2D eigenvalue weighted by Gasteiger charge is -2.20. The number of pyridine rings is 1. The first-order valence-corrected chi connectivity index (χ1v) is 13.1. The lowest BCUT2D eigenvalue weighted by Crippen LogP contribution is -2.26. The highest BCUT2D eigenvalue weighted by Crippen LogP contribution is 2.35. The third kappa shape index (κ3) is 4.57. The molecule has 206 valence electrons. The molecule has 6 rings (SSSR count). The van der Waals surface area contributed by atoms with Crippen LogP contribution in [0.25, 0.3) is 38.8 Å². The van der Waals surface area contributed by atoms with Crippen LogP contribution in [-0.2, 0) is 0 Å². The number of nitrogens with two attached hydrogens (primary N) is 1. The van der Waals surface area contributed by atoms with Gasteiger partial charge in [-0.2, -0.15) is 5.10 Å². The maximum atomic E-state index is 15.0. The number of ether oxygens (including phenoxy) is 1. The molecule has 0 saturated heterocycles. The van der Waals surface area contributed by atoms with Crippen LogP contribution in [-0.4, -0.2) is 30.4 Å². The van der Waals surface area contributed by atoms with Crippen LogP contribution in [0, 0.1) is 11.6 Å². The number of aromatic nitrogens is 5. The lowest BCUT2D eigenvalue weighted by molar-refractivity contribution is 0.231. The normalized spacial score (nSPS) is 12.3. The number of rotatable bonds is 6. The van der Waals surface area contributed by atoms with Crippen LogP contribution < -0.4 is 16.0 Å². The molecule has 1 atom stereocenters. The summed E-state index contributed by atoms with van der Waals surface area (Å²) in [6.07, 6.45) is 1.13. The topological polar surface area (TPSA) is 101 Å². The van der Waals surface area contributed by atoms with Gasteiger partial charge in [0.25, 0.3) is 5.56 Å². The zero-order valence-electron chi connectivity index (χ0n) is 22.5. The molecule has 0 aliphatic heterocycles. The van der Waals surface area contributed by atoms with Crippen molar-refractivity contribution in [1.82, 2.24) is 24.3 Å². The van der Waals surface area contributed by atoms with Gasteiger partial charge >= 0.3 is 0 Å². The molecule has 0 amide bonds. The van der Waals surface area contributed by atoms with Crippen LogP contribution >= 0.6 is 0 Å². The molecule has 3 aromatic carbocycles. The van der Waals surface area contributed by atoms with Crippen molar-refractivity contribution in [2.45, 2.75) is 32.9 Å². The molecule has 0 spiro atoms. The van der Waals surface area contributed by atoms with Gasteiger partial charge in [0.1, 0.15) is 23.7 Å². The highest BCUT2D eigenvalue weighted by molar-refractivity contribution is 5.98. The molecule has 1 unspecified atom stereocenters. The minimum Gasteiger partial charge on any atom is -0.488 e. The number of anilines is 1. The van der Waals surface area contributed by atoms with Crippen molar-refractivity contribution >= 4 is 27.6 Å². The minimum atomic E-state index is -0.588. The van der Waals surface area contributed by atoms with Crippen LogP contribution in [0.2, 0.25) is 0 Å². The van der Waals surface area contributed by atoms with Crippen LogP contribution in [0.1, 0.15) is 32.5 Å². The summed E-state index contributed by atoms with van der Waals surface area (Å²) < 4.78 is 38.0. The Labute approximate surface area is 233 Å². The summed E-state index contributed by atoms with van der Waals surface area (Å²) in [5.74, 6) is -0.718. The fourth-order valence-corrected chi connectivity index (χ4v) is 5.06. The van der Waals surface area contributed by atoms with Gasteiger partial charge in [-0.05, 0) is 74.7 Å². The van der Waals surface area contributed by atoms with E-state index in [0.717, 1.165) is 5.39 Å². The summed E-state index contributed by atoms with van der Waals surface area (Å²) in [5.41, 5.74) is 8.14. The number of halogens is 2. The Morgan fingerprint density at radius 2 is 1.73 bits per heavy atom. The molecule has 3 heterocycles. The molecule has 8 nitrogen and oxygen atoms in total. The Morgan fingerprint density at radius 3 is 2.49 bits per heavy atom. The van der Waals surface area contributed by atoms with E-state index in [9.17, 15) is 9.18 Å². The summed E-state index contributed by atoms with van der Waals surface area (Å²) in [6.45, 7) is 5.49. The van der Waals surface area contributed by atoms with Crippen LogP contribution in [0.5, 0.6) is 5.75 Å². The molecule has 10 heteroatoms. The standard InChI is InChI=1S/C31H26F2N6O2/c1-17(2)41-26-12-11-20(13-24(26)33)28-27-29(34)35-16-36-30(27)39(37-28)18(3)25-14-19-7-4-5-10-23(19)31(40)38(25)22-9-6-8-21(32)15-22/h4-18H,1-3H3,(H2,34,35,36). The summed E-state index contributed by atoms with van der Waals surface area (Å²) in [4.78, 5) is 22.4. The maximum absolute atomic E-state index is 15.0. The molecule has 0 saturated carbocycles. The fourth-order valence-electron chi connectivity index (χ4n) is 5.06. The smallest absolute Gasteiger partial charge is 0.263 e. The van der Waals surface area contributed by atoms with Crippen molar-refractivity contribution in [3.63, 3.8) is 0 Å². The van der Waals surface area contributed by atoms with E-state index in [4.69, 9.17) is 15.6 Å². The van der Waals surface area contributed by atoms with Gasteiger partial charge in [-0.15, -0.1) is 0 Å². The largest absolute Gasteiger partial charge is 0.488 e. The second-order valence-corrected chi connectivity index (χ2v) is 10.0. The number of hydrogen-bond acceptors (Lipinski definition) is 6. The van der Waals surface area contributed by atoms with Crippen molar-refractivity contribution < 1.29 is 13.5 Å². The summed E-state index contributed by atoms with van der Waals surface area (Å²) in [7, 11) is 0. The number of hydrogen-bond donors (Lipinski definition) is 1. The molecular formula is C31H26F2N6O2. The highest BCUT2D eigenvalue weighted by Gasteiger charge is 2.25. The van der Waals surface area contributed by atoms with Gasteiger partial charge in [0.2, 0.25) is 0 Å². The molecule has 0 fully saturated rings. The molecule has 3 aromatic heterocycles. The van der Waals surface area contributed by atoms with Gasteiger partial charge in [-0.1, -0.05) is 24.3 Å². The van der Waals surface area contributed by atoms with Crippen molar-refractivity contribution in [2.75, 3.05) is 5.73 Å². The SMILES string of the molecule is CC(C)Oc1ccc(-c2nn(C(C)c3cc4ccccc4c(=O)n3-c3cccc(F)c3)c3ncnc(N)c23)cc1F. The monoisotopic (exact) mass is 552 g/mol. The van der Waals surface area contributed by atoms with Crippen molar-refractivity contribution in [2.24, 2.45) is 0 Å². The Morgan fingerprint density at radius 1 is 0.927 bits per heavy atom. The van der Waals surface area contributed by atoms with Gasteiger partial charge in [0.05, 0.1) is 28.9 Å². The number of benzene rings is 3. The van der Waals surface area contributed by atoms with E-state index in [1.54, 1.807) is 41.1 Å². The average Bonchev–Trinajstić information content (AvgIpc) is 3.34. The van der Waals surface area contributed by atoms with Crippen molar-refractivity contribution in [3.8, 4) is 22.7 Å². The number of nitrogen functional groups attached to an aromatic ring is 1. The third-order valence-electron chi connectivity index (χ3n) is 6.90. The van der Waals surface area contributed by atoms with E-state index in [1.165, 1.54) is 29.1 Å². The molecule has 6 aromatic rings. The van der Waals surface area contributed by atoms with Crippen LogP contribution in [0.15, 0.2) is 83.9 Å². The first kappa shape index (κ1) is 26.1. The van der Waals surface area contributed by atoms with Gasteiger partial charge in [-0.25, -0.2) is 23.4 Å². The van der Waals surface area contributed by atoms with E-state index in [-0.39, 0.29) is 23.2 Å². The molecule has 0 bridgehead atoms. The van der Waals surface area contributed by atoms with Crippen molar-refractivity contribution in [3.05, 3.63) is 107 Å². The van der Waals surface area contributed by atoms with Gasteiger partial charge < -0.3 is 10.5 Å². The fraction of sp³-hybridized carbons (Fsp3) is 0.161. The Balaban J connectivity index is 1.58. The quantitative estimate of drug-likeness (QED) is 0.270. The average molecular weight is 553 g/mol. The second kappa shape index (κ2) is 10.1. The minimum absolute atomic E-state index is 0.125. The van der Waals surface area contributed by atoms with E-state index < -0.39 is 17.7 Å². The summed E-state index contributed by atoms with van der Waals surface area (Å²) in [6, 6.07) is 18.9. The highest BCUT2D eigenvalue weighted by atomic mass is 19.1. The summed E-state index contributed by atoms with van der Waals surface area (Å²) in [5, 5.41) is 6.48. The zero-order valence-corrected chi connectivity index (χ0v) is 22.5.